The Bertz CT molecular complexity index is 2930. The monoisotopic (exact) mass is 750 g/mol. The van der Waals surface area contributed by atoms with E-state index in [1.165, 1.54) is 65.5 Å². The van der Waals surface area contributed by atoms with Crippen LogP contribution in [-0.2, 0) is 10.8 Å². The van der Waals surface area contributed by atoms with Gasteiger partial charge in [-0.25, -0.2) is 0 Å². The molecule has 1 fully saturated rings. The van der Waals surface area contributed by atoms with E-state index in [4.69, 9.17) is 9.41 Å². The van der Waals surface area contributed by atoms with Gasteiger partial charge in [0, 0.05) is 38.8 Å². The number of nitrogens with zero attached hydrogens (tertiary/aromatic N) is 1. The summed E-state index contributed by atoms with van der Waals surface area (Å²) in [5, 5.41) is 6.02. The second-order valence-electron chi connectivity index (χ2n) is 17.8. The number of allylic oxidation sites excluding steroid dienone is 5. The maximum atomic E-state index is 6.82. The van der Waals surface area contributed by atoms with Crippen LogP contribution in [0, 0.1) is 5.92 Å². The number of rotatable bonds is 4. The Balaban J connectivity index is 0.980. The van der Waals surface area contributed by atoms with E-state index in [2.05, 4.69) is 177 Å². The smallest absolute Gasteiger partial charge is 0.145 e. The van der Waals surface area contributed by atoms with Crippen LogP contribution in [0.15, 0.2) is 173 Å². The summed E-state index contributed by atoms with van der Waals surface area (Å²) in [7, 11) is 0. The first kappa shape index (κ1) is 33.9. The van der Waals surface area contributed by atoms with Gasteiger partial charge in [0.25, 0.3) is 0 Å². The SMILES string of the molecule is CC1(C)C2=CC3c4ccccc4C4(CCCCC4)C3C=C2c2c(-c3ccc4oc5c(C6=CC(c7ccccc7)=NC(c7ccccc7)N6)cccc5c4c3)cccc21. The van der Waals surface area contributed by atoms with Gasteiger partial charge in [-0.1, -0.05) is 167 Å². The lowest BCUT2D eigenvalue weighted by Crippen LogP contribution is -2.35. The molecule has 0 radical (unpaired) electrons. The van der Waals surface area contributed by atoms with Crippen molar-refractivity contribution < 1.29 is 4.42 Å². The Morgan fingerprint density at radius 1 is 0.655 bits per heavy atom. The maximum Gasteiger partial charge on any atom is 0.145 e. The summed E-state index contributed by atoms with van der Waals surface area (Å²) < 4.78 is 6.82. The van der Waals surface area contributed by atoms with Gasteiger partial charge in [-0.15, -0.1) is 0 Å². The topological polar surface area (TPSA) is 37.5 Å². The summed E-state index contributed by atoms with van der Waals surface area (Å²) in [6, 6.07) is 50.8. The molecule has 3 nitrogen and oxygen atoms in total. The Hall–Kier alpha value is -6.19. The zero-order chi connectivity index (χ0) is 38.6. The number of hydrogen-bond donors (Lipinski definition) is 1. The van der Waals surface area contributed by atoms with Crippen LogP contribution in [-0.4, -0.2) is 5.71 Å². The third-order valence-electron chi connectivity index (χ3n) is 14.4. The molecule has 1 saturated carbocycles. The van der Waals surface area contributed by atoms with Crippen molar-refractivity contribution in [3.05, 3.63) is 202 Å². The molecule has 12 rings (SSSR count). The molecule has 1 aromatic heterocycles. The van der Waals surface area contributed by atoms with Crippen LogP contribution in [0.5, 0.6) is 0 Å². The van der Waals surface area contributed by atoms with Gasteiger partial charge >= 0.3 is 0 Å². The Morgan fingerprint density at radius 2 is 1.40 bits per heavy atom. The molecule has 0 saturated heterocycles. The van der Waals surface area contributed by atoms with Crippen LogP contribution in [0.25, 0.3) is 44.3 Å². The highest BCUT2D eigenvalue weighted by Gasteiger charge is 2.54. The first-order valence-corrected chi connectivity index (χ1v) is 21.3. The molecule has 4 aliphatic carbocycles. The van der Waals surface area contributed by atoms with Crippen LogP contribution in [0.2, 0.25) is 0 Å². The Labute approximate surface area is 340 Å². The second kappa shape index (κ2) is 12.7. The normalized spacial score (nSPS) is 22.3. The lowest BCUT2D eigenvalue weighted by atomic mass is 9.62. The van der Waals surface area contributed by atoms with E-state index < -0.39 is 0 Å². The summed E-state index contributed by atoms with van der Waals surface area (Å²) in [5.41, 5.74) is 18.7. The highest BCUT2D eigenvalue weighted by Crippen LogP contribution is 2.64. The molecule has 0 bridgehead atoms. The zero-order valence-corrected chi connectivity index (χ0v) is 33.1. The predicted molar refractivity (Wildman–Crippen MR) is 239 cm³/mol. The summed E-state index contributed by atoms with van der Waals surface area (Å²) in [6.07, 6.45) is 14.0. The Kier molecular flexibility index (Phi) is 7.40. The van der Waals surface area contributed by atoms with Crippen molar-refractivity contribution in [1.29, 1.82) is 0 Å². The average molecular weight is 751 g/mol. The van der Waals surface area contributed by atoms with Crippen molar-refractivity contribution in [2.75, 3.05) is 0 Å². The zero-order valence-electron chi connectivity index (χ0n) is 33.1. The van der Waals surface area contributed by atoms with Crippen molar-refractivity contribution in [2.24, 2.45) is 10.9 Å². The molecule has 58 heavy (non-hydrogen) atoms. The van der Waals surface area contributed by atoms with Crippen molar-refractivity contribution in [3.8, 4) is 11.1 Å². The standard InChI is InChI=1S/C55H46N2O/c1-54(2)45-25-15-21-37(51(45)43-32-47-41(31-46(43)54)38-20-10-11-24-44(38)55(47)28-12-5-13-29-55)36-26-27-50-42(30-36)39-22-14-23-40(52(39)58-50)49-33-48(34-16-6-3-7-17-34)56-53(57-49)35-18-8-4-9-19-35/h3-4,6-11,14-27,30-33,41,47,53,57H,5,12-13,28-29H2,1-2H3. The highest BCUT2D eigenvalue weighted by molar-refractivity contribution is 6.15. The first-order chi connectivity index (χ1) is 28.5. The van der Waals surface area contributed by atoms with Crippen molar-refractivity contribution in [2.45, 2.75) is 68.9 Å². The third-order valence-corrected chi connectivity index (χ3v) is 14.4. The van der Waals surface area contributed by atoms with Gasteiger partial charge < -0.3 is 9.73 Å². The van der Waals surface area contributed by atoms with E-state index in [0.717, 1.165) is 50.0 Å². The Morgan fingerprint density at radius 3 is 2.24 bits per heavy atom. The van der Waals surface area contributed by atoms with E-state index >= 15 is 0 Å². The fourth-order valence-electron chi connectivity index (χ4n) is 11.7. The lowest BCUT2D eigenvalue weighted by Gasteiger charge is -2.42. The third kappa shape index (κ3) is 4.89. The molecule has 0 amide bonds. The fourth-order valence-corrected chi connectivity index (χ4v) is 11.7. The van der Waals surface area contributed by atoms with Crippen LogP contribution in [0.1, 0.15) is 97.0 Å². The lowest BCUT2D eigenvalue weighted by molar-refractivity contribution is 0.233. The molecule has 7 aromatic rings. The number of benzene rings is 6. The van der Waals surface area contributed by atoms with E-state index in [-0.39, 0.29) is 17.0 Å². The molecule has 5 aliphatic rings. The molecule has 6 aromatic carbocycles. The minimum Gasteiger partial charge on any atom is -0.455 e. The molecular weight excluding hydrogens is 705 g/mol. The summed E-state index contributed by atoms with van der Waals surface area (Å²) in [5.74, 6) is 0.939. The number of nitrogens with one attached hydrogen (secondary N) is 1. The number of hydrogen-bond acceptors (Lipinski definition) is 3. The quantitative estimate of drug-likeness (QED) is 0.194. The van der Waals surface area contributed by atoms with E-state index in [1.54, 1.807) is 11.1 Å². The van der Waals surface area contributed by atoms with Crippen molar-refractivity contribution in [1.82, 2.24) is 5.32 Å². The molecule has 1 N–H and O–H groups in total. The van der Waals surface area contributed by atoms with Crippen LogP contribution in [0.4, 0.5) is 0 Å². The van der Waals surface area contributed by atoms with Crippen molar-refractivity contribution in [3.63, 3.8) is 0 Å². The molecule has 3 atom stereocenters. The van der Waals surface area contributed by atoms with E-state index in [9.17, 15) is 0 Å². The highest BCUT2D eigenvalue weighted by atomic mass is 16.3. The molecule has 2 heterocycles. The predicted octanol–water partition coefficient (Wildman–Crippen LogP) is 13.6. The first-order valence-electron chi connectivity index (χ1n) is 21.3. The minimum absolute atomic E-state index is 0.0824. The largest absolute Gasteiger partial charge is 0.455 e. The maximum absolute atomic E-state index is 6.82. The van der Waals surface area contributed by atoms with Gasteiger partial charge in [0.2, 0.25) is 0 Å². The van der Waals surface area contributed by atoms with Gasteiger partial charge in [-0.2, -0.15) is 0 Å². The van der Waals surface area contributed by atoms with Gasteiger partial charge in [-0.3, -0.25) is 4.99 Å². The molecular formula is C55H46N2O. The fraction of sp³-hybridized carbons (Fsp3) is 0.218. The summed E-state index contributed by atoms with van der Waals surface area (Å²) in [6.45, 7) is 4.89. The molecule has 1 spiro atoms. The van der Waals surface area contributed by atoms with Gasteiger partial charge in [-0.05, 0) is 98.7 Å². The van der Waals surface area contributed by atoms with E-state index in [1.807, 2.05) is 0 Å². The van der Waals surface area contributed by atoms with Gasteiger partial charge in [0.1, 0.15) is 17.3 Å². The average Bonchev–Trinajstić information content (AvgIpc) is 3.86. The van der Waals surface area contributed by atoms with Crippen LogP contribution in [0.3, 0.4) is 0 Å². The van der Waals surface area contributed by atoms with Crippen LogP contribution >= 0.6 is 0 Å². The van der Waals surface area contributed by atoms with Gasteiger partial charge in [0.05, 0.1) is 5.71 Å². The number of fused-ring (bicyclic) bond motifs is 11. The molecule has 282 valence electrons. The molecule has 3 heteroatoms. The van der Waals surface area contributed by atoms with Crippen molar-refractivity contribution >= 4 is 38.9 Å². The van der Waals surface area contributed by atoms with E-state index in [0.29, 0.717) is 11.8 Å². The number of aliphatic imine (C=N–C) groups is 1. The van der Waals surface area contributed by atoms with Crippen LogP contribution < -0.4 is 5.32 Å². The summed E-state index contributed by atoms with van der Waals surface area (Å²) >= 11 is 0. The van der Waals surface area contributed by atoms with Gasteiger partial charge in [0.15, 0.2) is 0 Å². The minimum atomic E-state index is -0.221. The number of furan rings is 1. The second-order valence-corrected chi connectivity index (χ2v) is 17.8. The molecule has 1 aliphatic heterocycles. The molecule has 3 unspecified atom stereocenters. The number of para-hydroxylation sites is 1. The summed E-state index contributed by atoms with van der Waals surface area (Å²) in [4.78, 5) is 5.18.